The fraction of sp³-hybridized carbons (Fsp3) is 0.900. The van der Waals surface area contributed by atoms with Gasteiger partial charge in [-0.1, -0.05) is 6.92 Å². The number of hydrogen-bond donors (Lipinski definition) is 0. The topological polar surface area (TPSA) is 23.6 Å². The highest BCUT2D eigenvalue weighted by atomic mass is 127. The molecular formula is C10H19IN2O. The molecule has 1 heterocycles. The second-order valence-electron chi connectivity index (χ2n) is 4.39. The van der Waals surface area contributed by atoms with Gasteiger partial charge in [0.05, 0.1) is 0 Å². The first-order valence-electron chi connectivity index (χ1n) is 5.11. The third kappa shape index (κ3) is 3.38. The Morgan fingerprint density at radius 1 is 1.57 bits per heavy atom. The molecule has 0 radical (unpaired) electrons. The van der Waals surface area contributed by atoms with Crippen molar-refractivity contribution in [3.05, 3.63) is 0 Å². The molecule has 0 aromatic heterocycles. The van der Waals surface area contributed by atoms with E-state index in [0.29, 0.717) is 11.8 Å². The highest BCUT2D eigenvalue weighted by molar-refractivity contribution is 14.1. The average molecular weight is 310 g/mol. The van der Waals surface area contributed by atoms with E-state index in [4.69, 9.17) is 0 Å². The molecule has 1 saturated heterocycles. The largest absolute Gasteiger partial charge is 0.349 e. The molecule has 14 heavy (non-hydrogen) atoms. The molecule has 0 N–H and O–H groups in total. The van der Waals surface area contributed by atoms with Gasteiger partial charge >= 0.3 is 0 Å². The van der Waals surface area contributed by atoms with Crippen molar-refractivity contribution < 1.29 is 4.79 Å². The highest BCUT2D eigenvalue weighted by Gasteiger charge is 2.27. The van der Waals surface area contributed by atoms with Crippen LogP contribution in [0.15, 0.2) is 0 Å². The molecule has 4 heteroatoms. The fourth-order valence-electron chi connectivity index (χ4n) is 1.85. The zero-order chi connectivity index (χ0) is 10.7. The predicted molar refractivity (Wildman–Crippen MR) is 66.2 cm³/mol. The van der Waals surface area contributed by atoms with Crippen molar-refractivity contribution in [2.24, 2.45) is 11.8 Å². The second kappa shape index (κ2) is 5.30. The van der Waals surface area contributed by atoms with Crippen molar-refractivity contribution >= 4 is 28.8 Å². The summed E-state index contributed by atoms with van der Waals surface area (Å²) in [5.41, 5.74) is 0. The minimum Gasteiger partial charge on any atom is -0.349 e. The van der Waals surface area contributed by atoms with Gasteiger partial charge in [-0.2, -0.15) is 0 Å². The second-order valence-corrected chi connectivity index (χ2v) is 5.75. The molecule has 1 rings (SSSR count). The van der Waals surface area contributed by atoms with Crippen LogP contribution in [0.4, 0.5) is 0 Å². The summed E-state index contributed by atoms with van der Waals surface area (Å²) in [6.07, 6.45) is 1.88. The fourth-order valence-corrected chi connectivity index (χ4v) is 2.75. The molecule has 3 nitrogen and oxygen atoms in total. The summed E-state index contributed by atoms with van der Waals surface area (Å²) in [5.74, 6) is 1.49. The minimum atomic E-state index is 0.267. The smallest absolute Gasteiger partial charge is 0.222 e. The monoisotopic (exact) mass is 310 g/mol. The SMILES string of the molecule is CC1CN(I)CCC1CC(=O)N(C)C. The van der Waals surface area contributed by atoms with Crippen LogP contribution in [0.3, 0.4) is 0 Å². The van der Waals surface area contributed by atoms with E-state index in [1.807, 2.05) is 14.1 Å². The Bertz CT molecular complexity index is 208. The molecule has 2 unspecified atom stereocenters. The number of amides is 1. The van der Waals surface area contributed by atoms with Crippen LogP contribution in [0.2, 0.25) is 0 Å². The summed E-state index contributed by atoms with van der Waals surface area (Å²) < 4.78 is 2.32. The van der Waals surface area contributed by atoms with Gasteiger partial charge in [0.15, 0.2) is 0 Å². The summed E-state index contributed by atoms with van der Waals surface area (Å²) in [6, 6.07) is 0. The molecule has 2 atom stereocenters. The molecule has 1 fully saturated rings. The lowest BCUT2D eigenvalue weighted by atomic mass is 9.85. The van der Waals surface area contributed by atoms with Crippen LogP contribution in [0.25, 0.3) is 0 Å². The zero-order valence-corrected chi connectivity index (χ0v) is 11.3. The maximum Gasteiger partial charge on any atom is 0.222 e. The standard InChI is InChI=1S/C10H19IN2O/c1-8-7-13(11)5-4-9(8)6-10(14)12(2)3/h8-9H,4-7H2,1-3H3. The van der Waals surface area contributed by atoms with E-state index in [1.165, 1.54) is 0 Å². The molecule has 1 aliphatic rings. The van der Waals surface area contributed by atoms with Crippen molar-refractivity contribution in [3.63, 3.8) is 0 Å². The first-order chi connectivity index (χ1) is 6.50. The van der Waals surface area contributed by atoms with Gasteiger partial charge in [0.2, 0.25) is 5.91 Å². The summed E-state index contributed by atoms with van der Waals surface area (Å²) in [6.45, 7) is 4.49. The minimum absolute atomic E-state index is 0.267. The Balaban J connectivity index is 2.41. The van der Waals surface area contributed by atoms with Gasteiger partial charge in [-0.05, 0) is 18.3 Å². The van der Waals surface area contributed by atoms with Crippen LogP contribution in [-0.4, -0.2) is 41.1 Å². The van der Waals surface area contributed by atoms with E-state index >= 15 is 0 Å². The molecule has 1 amide bonds. The number of rotatable bonds is 2. The van der Waals surface area contributed by atoms with Crippen LogP contribution in [0.5, 0.6) is 0 Å². The Morgan fingerprint density at radius 2 is 2.21 bits per heavy atom. The lowest BCUT2D eigenvalue weighted by Gasteiger charge is -2.33. The van der Waals surface area contributed by atoms with E-state index in [0.717, 1.165) is 25.9 Å². The van der Waals surface area contributed by atoms with Crippen LogP contribution >= 0.6 is 22.9 Å². The number of carbonyl (C=O) groups excluding carboxylic acids is 1. The van der Waals surface area contributed by atoms with E-state index in [-0.39, 0.29) is 5.91 Å². The zero-order valence-electron chi connectivity index (χ0n) is 9.16. The number of carbonyl (C=O) groups is 1. The number of hydrogen-bond acceptors (Lipinski definition) is 2. The maximum atomic E-state index is 11.5. The average Bonchev–Trinajstić information content (AvgIpc) is 2.09. The lowest BCUT2D eigenvalue weighted by Crippen LogP contribution is -2.36. The molecule has 0 spiro atoms. The predicted octanol–water partition coefficient (Wildman–Crippen LogP) is 1.77. The van der Waals surface area contributed by atoms with Crippen molar-refractivity contribution in [3.8, 4) is 0 Å². The van der Waals surface area contributed by atoms with Crippen LogP contribution < -0.4 is 0 Å². The molecule has 0 bridgehead atoms. The Morgan fingerprint density at radius 3 is 2.71 bits per heavy atom. The van der Waals surface area contributed by atoms with Gasteiger partial charge < -0.3 is 4.90 Å². The molecule has 0 aliphatic carbocycles. The van der Waals surface area contributed by atoms with Gasteiger partial charge in [-0.3, -0.25) is 4.79 Å². The van der Waals surface area contributed by atoms with Gasteiger partial charge in [0.1, 0.15) is 0 Å². The molecule has 0 aromatic rings. The van der Waals surface area contributed by atoms with E-state index in [9.17, 15) is 4.79 Å². The third-order valence-electron chi connectivity index (χ3n) is 2.97. The number of piperidine rings is 1. The Labute approximate surface area is 100 Å². The summed E-state index contributed by atoms with van der Waals surface area (Å²) in [5, 5.41) is 0. The normalized spacial score (nSPS) is 28.9. The van der Waals surface area contributed by atoms with Crippen molar-refractivity contribution in [2.45, 2.75) is 19.8 Å². The van der Waals surface area contributed by atoms with Crippen molar-refractivity contribution in [1.29, 1.82) is 0 Å². The van der Waals surface area contributed by atoms with Crippen LogP contribution in [-0.2, 0) is 4.79 Å². The van der Waals surface area contributed by atoms with E-state index in [1.54, 1.807) is 4.90 Å². The van der Waals surface area contributed by atoms with Crippen LogP contribution in [0, 0.1) is 11.8 Å². The molecule has 0 saturated carbocycles. The highest BCUT2D eigenvalue weighted by Crippen LogP contribution is 2.28. The lowest BCUT2D eigenvalue weighted by molar-refractivity contribution is -0.130. The van der Waals surface area contributed by atoms with Gasteiger partial charge in [0, 0.05) is 56.5 Å². The molecular weight excluding hydrogens is 291 g/mol. The first kappa shape index (κ1) is 12.2. The van der Waals surface area contributed by atoms with Crippen LogP contribution in [0.1, 0.15) is 19.8 Å². The molecule has 82 valence electrons. The first-order valence-corrected chi connectivity index (χ1v) is 6.08. The van der Waals surface area contributed by atoms with Crippen molar-refractivity contribution in [2.75, 3.05) is 27.2 Å². The Kier molecular flexibility index (Phi) is 4.63. The Hall–Kier alpha value is 0.160. The van der Waals surface area contributed by atoms with Crippen molar-refractivity contribution in [1.82, 2.24) is 8.01 Å². The number of halogens is 1. The third-order valence-corrected chi connectivity index (χ3v) is 3.85. The summed E-state index contributed by atoms with van der Waals surface area (Å²) in [4.78, 5) is 13.2. The van der Waals surface area contributed by atoms with E-state index < -0.39 is 0 Å². The maximum absolute atomic E-state index is 11.5. The van der Waals surface area contributed by atoms with Gasteiger partial charge in [-0.15, -0.1) is 0 Å². The summed E-state index contributed by atoms with van der Waals surface area (Å²) >= 11 is 2.37. The molecule has 0 aromatic carbocycles. The number of nitrogens with zero attached hydrogens (tertiary/aromatic N) is 2. The van der Waals surface area contributed by atoms with E-state index in [2.05, 4.69) is 32.9 Å². The van der Waals surface area contributed by atoms with Gasteiger partial charge in [0.25, 0.3) is 0 Å². The molecule has 1 aliphatic heterocycles. The quantitative estimate of drug-likeness (QED) is 0.573. The summed E-state index contributed by atoms with van der Waals surface area (Å²) in [7, 11) is 3.67. The van der Waals surface area contributed by atoms with Gasteiger partial charge in [-0.25, -0.2) is 3.11 Å².